The molecule has 0 fully saturated rings. The predicted octanol–water partition coefficient (Wildman–Crippen LogP) is 1.57. The number of pyridine rings is 1. The second-order valence-electron chi connectivity index (χ2n) is 2.63. The van der Waals surface area contributed by atoms with Gasteiger partial charge in [0, 0.05) is 18.3 Å². The molecule has 3 heteroatoms. The summed E-state index contributed by atoms with van der Waals surface area (Å²) in [5, 5.41) is 0. The van der Waals surface area contributed by atoms with Crippen molar-refractivity contribution in [1.82, 2.24) is 4.57 Å². The molecule has 0 amide bonds. The first-order valence-electron chi connectivity index (χ1n) is 4.07. The number of rotatable bonds is 2. The van der Waals surface area contributed by atoms with E-state index >= 15 is 0 Å². The Kier molecular flexibility index (Phi) is 2.63. The molecular weight excluding hydrogens is 157 g/mol. The van der Waals surface area contributed by atoms with E-state index in [0.29, 0.717) is 18.5 Å². The summed E-state index contributed by atoms with van der Waals surface area (Å²) in [7, 11) is 0. The fourth-order valence-corrected chi connectivity index (χ4v) is 1.15. The third-order valence-electron chi connectivity index (χ3n) is 1.85. The van der Waals surface area contributed by atoms with Gasteiger partial charge in [-0.3, -0.25) is 4.79 Å². The van der Waals surface area contributed by atoms with Crippen LogP contribution >= 0.6 is 0 Å². The third kappa shape index (κ3) is 1.55. The van der Waals surface area contributed by atoms with Crippen LogP contribution in [0.4, 0.5) is 4.39 Å². The fraction of sp³-hybridized carbons (Fsp3) is 0.444. The lowest BCUT2D eigenvalue weighted by Gasteiger charge is -2.03. The van der Waals surface area contributed by atoms with Gasteiger partial charge in [0.05, 0.1) is 0 Å². The highest BCUT2D eigenvalue weighted by molar-refractivity contribution is 5.11. The summed E-state index contributed by atoms with van der Waals surface area (Å²) in [5.41, 5.74) is 0.457. The van der Waals surface area contributed by atoms with Gasteiger partial charge in [-0.05, 0) is 19.4 Å². The molecule has 0 aliphatic carbocycles. The molecule has 1 rings (SSSR count). The van der Waals surface area contributed by atoms with Gasteiger partial charge in [-0.1, -0.05) is 6.92 Å². The molecule has 0 radical (unpaired) electrons. The minimum absolute atomic E-state index is 0.0820. The minimum Gasteiger partial charge on any atom is -0.313 e. The lowest BCUT2D eigenvalue weighted by molar-refractivity contribution is 0.585. The first-order chi connectivity index (χ1) is 5.69. The van der Waals surface area contributed by atoms with Gasteiger partial charge in [0.25, 0.3) is 5.56 Å². The van der Waals surface area contributed by atoms with Gasteiger partial charge >= 0.3 is 0 Å². The maximum absolute atomic E-state index is 12.8. The number of halogens is 1. The molecule has 0 N–H and O–H groups in total. The summed E-state index contributed by atoms with van der Waals surface area (Å²) in [4.78, 5) is 11.4. The van der Waals surface area contributed by atoms with Crippen LogP contribution in [-0.2, 0) is 13.0 Å². The van der Waals surface area contributed by atoms with E-state index in [-0.39, 0.29) is 11.4 Å². The molecule has 1 aromatic rings. The van der Waals surface area contributed by atoms with Gasteiger partial charge < -0.3 is 4.57 Å². The summed E-state index contributed by atoms with van der Waals surface area (Å²) in [6, 6.07) is 1.30. The average Bonchev–Trinajstić information content (AvgIpc) is 2.08. The lowest BCUT2D eigenvalue weighted by Crippen LogP contribution is -2.22. The third-order valence-corrected chi connectivity index (χ3v) is 1.85. The highest BCUT2D eigenvalue weighted by Crippen LogP contribution is 1.98. The molecule has 66 valence electrons. The molecule has 2 nitrogen and oxygen atoms in total. The van der Waals surface area contributed by atoms with Gasteiger partial charge in [-0.25, -0.2) is 4.39 Å². The highest BCUT2D eigenvalue weighted by Gasteiger charge is 2.02. The smallest absolute Gasteiger partial charge is 0.253 e. The molecular formula is C9H12FNO. The lowest BCUT2D eigenvalue weighted by atomic mass is 10.2. The summed E-state index contributed by atoms with van der Waals surface area (Å²) in [6.45, 7) is 4.18. The molecule has 0 aliphatic rings. The maximum Gasteiger partial charge on any atom is 0.253 e. The maximum atomic E-state index is 12.8. The molecule has 0 saturated heterocycles. The Bertz CT molecular complexity index is 302. The Morgan fingerprint density at radius 2 is 2.17 bits per heavy atom. The van der Waals surface area contributed by atoms with Crippen LogP contribution in [0.5, 0.6) is 0 Å². The van der Waals surface area contributed by atoms with E-state index in [4.69, 9.17) is 0 Å². The van der Waals surface area contributed by atoms with Gasteiger partial charge in [0.15, 0.2) is 0 Å². The molecule has 0 atom stereocenters. The second kappa shape index (κ2) is 3.52. The van der Waals surface area contributed by atoms with E-state index in [1.807, 2.05) is 13.8 Å². The van der Waals surface area contributed by atoms with Crippen molar-refractivity contribution in [2.45, 2.75) is 26.8 Å². The number of hydrogen-bond acceptors (Lipinski definition) is 1. The van der Waals surface area contributed by atoms with Crippen molar-refractivity contribution in [2.75, 3.05) is 0 Å². The monoisotopic (exact) mass is 169 g/mol. The fourth-order valence-electron chi connectivity index (χ4n) is 1.15. The molecule has 0 unspecified atom stereocenters. The van der Waals surface area contributed by atoms with E-state index in [1.165, 1.54) is 16.8 Å². The van der Waals surface area contributed by atoms with Crippen LogP contribution in [0.15, 0.2) is 17.1 Å². The molecule has 0 bridgehead atoms. The van der Waals surface area contributed by atoms with Crippen molar-refractivity contribution >= 4 is 0 Å². The molecule has 0 aromatic carbocycles. The molecule has 1 aromatic heterocycles. The first kappa shape index (κ1) is 8.97. The van der Waals surface area contributed by atoms with Crippen molar-refractivity contribution in [3.63, 3.8) is 0 Å². The zero-order valence-corrected chi connectivity index (χ0v) is 7.30. The predicted molar refractivity (Wildman–Crippen MR) is 45.7 cm³/mol. The van der Waals surface area contributed by atoms with Crippen molar-refractivity contribution in [3.8, 4) is 0 Å². The first-order valence-corrected chi connectivity index (χ1v) is 4.07. The Hall–Kier alpha value is -1.12. The molecule has 0 aliphatic heterocycles. The van der Waals surface area contributed by atoms with Crippen LogP contribution in [0.1, 0.15) is 19.4 Å². The number of hydrogen-bond donors (Lipinski definition) is 0. The van der Waals surface area contributed by atoms with E-state index < -0.39 is 0 Å². The van der Waals surface area contributed by atoms with Crippen LogP contribution in [0.2, 0.25) is 0 Å². The van der Waals surface area contributed by atoms with Crippen molar-refractivity contribution in [2.24, 2.45) is 0 Å². The van der Waals surface area contributed by atoms with Crippen molar-refractivity contribution in [1.29, 1.82) is 0 Å². The minimum atomic E-state index is -0.340. The SMILES string of the molecule is CCc1cc(F)cn(CC)c1=O. The van der Waals surface area contributed by atoms with E-state index in [9.17, 15) is 9.18 Å². The zero-order chi connectivity index (χ0) is 9.14. The molecule has 0 spiro atoms. The van der Waals surface area contributed by atoms with Crippen LogP contribution < -0.4 is 5.56 Å². The van der Waals surface area contributed by atoms with Gasteiger partial charge in [0.1, 0.15) is 5.82 Å². The number of aromatic nitrogens is 1. The van der Waals surface area contributed by atoms with Gasteiger partial charge in [0.2, 0.25) is 0 Å². The summed E-state index contributed by atoms with van der Waals surface area (Å²) in [5.74, 6) is -0.340. The van der Waals surface area contributed by atoms with E-state index in [0.717, 1.165) is 0 Å². The van der Waals surface area contributed by atoms with Crippen molar-refractivity contribution < 1.29 is 4.39 Å². The number of aryl methyl sites for hydroxylation is 2. The Balaban J connectivity index is 3.32. The topological polar surface area (TPSA) is 22.0 Å². The molecule has 0 saturated carbocycles. The Morgan fingerprint density at radius 1 is 1.50 bits per heavy atom. The Morgan fingerprint density at radius 3 is 2.67 bits per heavy atom. The Labute approximate surface area is 70.6 Å². The standard InChI is InChI=1S/C9H12FNO/c1-3-7-5-8(10)6-11(4-2)9(7)12/h5-6H,3-4H2,1-2H3. The second-order valence-corrected chi connectivity index (χ2v) is 2.63. The normalized spacial score (nSPS) is 10.2. The zero-order valence-electron chi connectivity index (χ0n) is 7.30. The highest BCUT2D eigenvalue weighted by atomic mass is 19.1. The quantitative estimate of drug-likeness (QED) is 0.658. The van der Waals surface area contributed by atoms with Crippen LogP contribution in [0.25, 0.3) is 0 Å². The summed E-state index contributed by atoms with van der Waals surface area (Å²) < 4.78 is 14.2. The average molecular weight is 169 g/mol. The van der Waals surface area contributed by atoms with Gasteiger partial charge in [-0.2, -0.15) is 0 Å². The van der Waals surface area contributed by atoms with Crippen LogP contribution in [-0.4, -0.2) is 4.57 Å². The van der Waals surface area contributed by atoms with E-state index in [2.05, 4.69) is 0 Å². The van der Waals surface area contributed by atoms with Gasteiger partial charge in [-0.15, -0.1) is 0 Å². The summed E-state index contributed by atoms with van der Waals surface area (Å²) >= 11 is 0. The largest absolute Gasteiger partial charge is 0.313 e. The molecule has 1 heterocycles. The molecule has 12 heavy (non-hydrogen) atoms. The van der Waals surface area contributed by atoms with E-state index in [1.54, 1.807) is 0 Å². The van der Waals surface area contributed by atoms with Crippen molar-refractivity contribution in [3.05, 3.63) is 34.0 Å². The summed E-state index contributed by atoms with van der Waals surface area (Å²) in [6.07, 6.45) is 1.82. The van der Waals surface area contributed by atoms with Crippen LogP contribution in [0, 0.1) is 5.82 Å². The van der Waals surface area contributed by atoms with Crippen LogP contribution in [0.3, 0.4) is 0 Å². The number of nitrogens with zero attached hydrogens (tertiary/aromatic N) is 1.